The number of carbonyl (C=O) groups is 1. The molecular formula is C13H15NO4. The van der Waals surface area contributed by atoms with Gasteiger partial charge in [-0.15, -0.1) is 0 Å². The van der Waals surface area contributed by atoms with Crippen LogP contribution in [-0.4, -0.2) is 17.1 Å². The van der Waals surface area contributed by atoms with Crippen LogP contribution in [0.2, 0.25) is 0 Å². The van der Waals surface area contributed by atoms with Gasteiger partial charge >= 0.3 is 11.7 Å². The maximum Gasteiger partial charge on any atom is 0.420 e. The second kappa shape index (κ2) is 5.08. The summed E-state index contributed by atoms with van der Waals surface area (Å²) in [6.45, 7) is 4.13. The fraction of sp³-hybridized carbons (Fsp3) is 0.385. The predicted molar refractivity (Wildman–Crippen MR) is 66.3 cm³/mol. The minimum Gasteiger partial charge on any atom is -0.464 e. The largest absolute Gasteiger partial charge is 0.464 e. The van der Waals surface area contributed by atoms with E-state index < -0.39 is 11.7 Å². The second-order valence-corrected chi connectivity index (χ2v) is 4.50. The molecule has 0 N–H and O–H groups in total. The zero-order valence-electron chi connectivity index (χ0n) is 10.4. The lowest BCUT2D eigenvalue weighted by Gasteiger charge is -2.07. The van der Waals surface area contributed by atoms with Crippen LogP contribution in [0, 0.1) is 5.92 Å². The number of oxazole rings is 1. The van der Waals surface area contributed by atoms with Gasteiger partial charge in [0.25, 0.3) is 0 Å². The number of hydrogen-bond acceptors (Lipinski definition) is 4. The first-order valence-corrected chi connectivity index (χ1v) is 5.82. The van der Waals surface area contributed by atoms with Crippen molar-refractivity contribution in [1.82, 2.24) is 4.57 Å². The molecule has 0 radical (unpaired) electrons. The van der Waals surface area contributed by atoms with Crippen LogP contribution in [0.3, 0.4) is 0 Å². The Morgan fingerprint density at radius 1 is 1.39 bits per heavy atom. The lowest BCUT2D eigenvalue weighted by Crippen LogP contribution is -2.22. The number of rotatable bonds is 4. The molecule has 0 saturated carbocycles. The summed E-state index contributed by atoms with van der Waals surface area (Å²) >= 11 is 0. The van der Waals surface area contributed by atoms with Gasteiger partial charge in [-0.25, -0.2) is 4.79 Å². The molecule has 0 fully saturated rings. The molecule has 0 spiro atoms. The van der Waals surface area contributed by atoms with E-state index in [1.54, 1.807) is 24.3 Å². The van der Waals surface area contributed by atoms with Gasteiger partial charge in [0.15, 0.2) is 5.58 Å². The first-order valence-electron chi connectivity index (χ1n) is 5.82. The summed E-state index contributed by atoms with van der Waals surface area (Å²) in [5.41, 5.74) is 1.07. The monoisotopic (exact) mass is 249 g/mol. The summed E-state index contributed by atoms with van der Waals surface area (Å²) < 4.78 is 11.3. The van der Waals surface area contributed by atoms with Gasteiger partial charge in [-0.05, 0) is 18.1 Å². The number of aromatic nitrogens is 1. The number of esters is 1. The molecule has 0 amide bonds. The highest BCUT2D eigenvalue weighted by Crippen LogP contribution is 2.11. The van der Waals surface area contributed by atoms with Crippen LogP contribution < -0.4 is 5.76 Å². The Balaban J connectivity index is 2.19. The second-order valence-electron chi connectivity index (χ2n) is 4.50. The number of hydrogen-bond donors (Lipinski definition) is 0. The summed E-state index contributed by atoms with van der Waals surface area (Å²) in [4.78, 5) is 23.2. The van der Waals surface area contributed by atoms with E-state index >= 15 is 0 Å². The third kappa shape index (κ3) is 2.61. The van der Waals surface area contributed by atoms with Crippen molar-refractivity contribution in [1.29, 1.82) is 0 Å². The number of benzene rings is 1. The van der Waals surface area contributed by atoms with Crippen LogP contribution in [0.1, 0.15) is 13.8 Å². The van der Waals surface area contributed by atoms with Crippen molar-refractivity contribution in [2.45, 2.75) is 20.4 Å². The Bertz CT molecular complexity index is 609. The molecule has 96 valence electrons. The van der Waals surface area contributed by atoms with E-state index in [1.807, 2.05) is 13.8 Å². The predicted octanol–water partition coefficient (Wildman–Crippen LogP) is 1.79. The Morgan fingerprint density at radius 3 is 2.83 bits per heavy atom. The van der Waals surface area contributed by atoms with Crippen LogP contribution in [0.5, 0.6) is 0 Å². The summed E-state index contributed by atoms with van der Waals surface area (Å²) in [5.74, 6) is -0.707. The first kappa shape index (κ1) is 12.4. The fourth-order valence-corrected chi connectivity index (χ4v) is 1.60. The van der Waals surface area contributed by atoms with Crippen molar-refractivity contribution in [3.8, 4) is 0 Å². The molecule has 5 nitrogen and oxygen atoms in total. The number of nitrogens with zero attached hydrogens (tertiary/aromatic N) is 1. The molecule has 0 aliphatic carbocycles. The van der Waals surface area contributed by atoms with E-state index in [-0.39, 0.29) is 12.5 Å². The van der Waals surface area contributed by atoms with Gasteiger partial charge in [0, 0.05) is 0 Å². The normalized spacial score (nSPS) is 11.1. The van der Waals surface area contributed by atoms with Crippen LogP contribution in [0.4, 0.5) is 0 Å². The molecule has 0 bridgehead atoms. The average Bonchev–Trinajstić information content (AvgIpc) is 2.64. The molecule has 18 heavy (non-hydrogen) atoms. The lowest BCUT2D eigenvalue weighted by molar-refractivity contribution is -0.145. The average molecular weight is 249 g/mol. The summed E-state index contributed by atoms with van der Waals surface area (Å²) in [6, 6.07) is 6.97. The van der Waals surface area contributed by atoms with Crippen molar-refractivity contribution in [3.05, 3.63) is 34.8 Å². The zero-order chi connectivity index (χ0) is 13.1. The molecule has 0 aliphatic rings. The first-order chi connectivity index (χ1) is 8.58. The smallest absolute Gasteiger partial charge is 0.420 e. The lowest BCUT2D eigenvalue weighted by atomic mass is 10.2. The Morgan fingerprint density at radius 2 is 2.11 bits per heavy atom. The third-order valence-corrected chi connectivity index (χ3v) is 2.44. The fourth-order valence-electron chi connectivity index (χ4n) is 1.60. The molecule has 2 rings (SSSR count). The van der Waals surface area contributed by atoms with Crippen LogP contribution in [-0.2, 0) is 16.1 Å². The van der Waals surface area contributed by atoms with E-state index in [9.17, 15) is 9.59 Å². The van der Waals surface area contributed by atoms with Gasteiger partial charge in [0.1, 0.15) is 6.54 Å². The van der Waals surface area contributed by atoms with Crippen LogP contribution in [0.15, 0.2) is 33.5 Å². The van der Waals surface area contributed by atoms with Gasteiger partial charge in [0.05, 0.1) is 12.1 Å². The number of carbonyl (C=O) groups excluding carboxylic acids is 1. The number of para-hydroxylation sites is 2. The maximum atomic E-state index is 11.6. The Hall–Kier alpha value is -2.04. The third-order valence-electron chi connectivity index (χ3n) is 2.44. The number of fused-ring (bicyclic) bond motifs is 1. The molecule has 0 saturated heterocycles. The van der Waals surface area contributed by atoms with E-state index in [4.69, 9.17) is 9.15 Å². The Labute approximate surface area is 104 Å². The summed E-state index contributed by atoms with van der Waals surface area (Å²) in [5, 5.41) is 0. The highest BCUT2D eigenvalue weighted by atomic mass is 16.5. The highest BCUT2D eigenvalue weighted by Gasteiger charge is 2.13. The minimum atomic E-state index is -0.544. The highest BCUT2D eigenvalue weighted by molar-refractivity contribution is 5.76. The summed E-state index contributed by atoms with van der Waals surface area (Å²) in [7, 11) is 0. The van der Waals surface area contributed by atoms with Crippen LogP contribution >= 0.6 is 0 Å². The van der Waals surface area contributed by atoms with Crippen molar-refractivity contribution in [3.63, 3.8) is 0 Å². The van der Waals surface area contributed by atoms with Crippen molar-refractivity contribution in [2.24, 2.45) is 5.92 Å². The molecule has 1 aromatic carbocycles. The SMILES string of the molecule is CC(C)COC(=O)Cn1c(=O)oc2ccccc21. The van der Waals surface area contributed by atoms with Crippen molar-refractivity contribution < 1.29 is 13.9 Å². The van der Waals surface area contributed by atoms with Crippen molar-refractivity contribution >= 4 is 17.1 Å². The van der Waals surface area contributed by atoms with E-state index in [1.165, 1.54) is 4.57 Å². The molecule has 5 heteroatoms. The van der Waals surface area contributed by atoms with E-state index in [0.29, 0.717) is 17.7 Å². The van der Waals surface area contributed by atoms with E-state index in [0.717, 1.165) is 0 Å². The quantitative estimate of drug-likeness (QED) is 0.775. The molecule has 0 atom stereocenters. The zero-order valence-corrected chi connectivity index (χ0v) is 10.4. The van der Waals surface area contributed by atoms with Crippen LogP contribution in [0.25, 0.3) is 11.1 Å². The van der Waals surface area contributed by atoms with Gasteiger partial charge in [-0.2, -0.15) is 0 Å². The Kier molecular flexibility index (Phi) is 3.50. The van der Waals surface area contributed by atoms with Gasteiger partial charge in [0.2, 0.25) is 0 Å². The van der Waals surface area contributed by atoms with E-state index in [2.05, 4.69) is 0 Å². The number of ether oxygens (including phenoxy) is 1. The van der Waals surface area contributed by atoms with Gasteiger partial charge < -0.3 is 9.15 Å². The topological polar surface area (TPSA) is 61.4 Å². The maximum absolute atomic E-state index is 11.6. The van der Waals surface area contributed by atoms with Crippen molar-refractivity contribution in [2.75, 3.05) is 6.61 Å². The van der Waals surface area contributed by atoms with Gasteiger partial charge in [-0.1, -0.05) is 26.0 Å². The molecule has 0 aliphatic heterocycles. The molecule has 1 heterocycles. The molecule has 1 aromatic heterocycles. The minimum absolute atomic E-state index is 0.122. The standard InChI is InChI=1S/C13H15NO4/c1-9(2)8-17-12(15)7-14-10-5-3-4-6-11(10)18-13(14)16/h3-6,9H,7-8H2,1-2H3. The van der Waals surface area contributed by atoms with Gasteiger partial charge in [-0.3, -0.25) is 9.36 Å². The molecule has 0 unspecified atom stereocenters. The summed E-state index contributed by atoms with van der Waals surface area (Å²) in [6.07, 6.45) is 0. The molecular weight excluding hydrogens is 234 g/mol. The molecule has 2 aromatic rings.